The highest BCUT2D eigenvalue weighted by Gasteiger charge is 2.40. The van der Waals surface area contributed by atoms with E-state index >= 15 is 0 Å². The van der Waals surface area contributed by atoms with Crippen molar-refractivity contribution in [2.24, 2.45) is 0 Å². The van der Waals surface area contributed by atoms with Crippen LogP contribution in [0.2, 0.25) is 0 Å². The largest absolute Gasteiger partial charge is 0.325 e. The van der Waals surface area contributed by atoms with Gasteiger partial charge in [0.2, 0.25) is 5.91 Å². The van der Waals surface area contributed by atoms with Crippen LogP contribution in [-0.4, -0.2) is 31.3 Å². The smallest absolute Gasteiger partial charge is 0.319 e. The van der Waals surface area contributed by atoms with Gasteiger partial charge in [-0.15, -0.1) is 0 Å². The molecule has 3 nitrogen and oxygen atoms in total. The van der Waals surface area contributed by atoms with Crippen LogP contribution in [-0.2, 0) is 4.79 Å². The first-order chi connectivity index (χ1) is 8.81. The molecule has 2 N–H and O–H groups in total. The maximum Gasteiger partial charge on any atom is 0.319 e. The van der Waals surface area contributed by atoms with Gasteiger partial charge >= 0.3 is 12.3 Å². The minimum Gasteiger partial charge on any atom is -0.325 e. The Hall–Kier alpha value is -1.15. The normalized spacial score (nSPS) is 11.7. The molecule has 19 heavy (non-hydrogen) atoms. The molecule has 1 rings (SSSR count). The summed E-state index contributed by atoms with van der Waals surface area (Å²) in [6.07, 6.45) is -3.76. The highest BCUT2D eigenvalue weighted by Crippen LogP contribution is 2.21. The molecule has 1 aromatic rings. The van der Waals surface area contributed by atoms with Gasteiger partial charge < -0.3 is 10.6 Å². The van der Waals surface area contributed by atoms with Crippen LogP contribution in [0.1, 0.15) is 0 Å². The molecule has 0 bridgehead atoms. The zero-order valence-corrected chi connectivity index (χ0v) is 11.2. The van der Waals surface area contributed by atoms with Crippen molar-refractivity contribution in [3.05, 3.63) is 28.7 Å². The molecule has 0 saturated heterocycles. The molecule has 0 heterocycles. The van der Waals surface area contributed by atoms with Crippen LogP contribution in [0.25, 0.3) is 0 Å². The number of rotatable bonds is 6. The van der Waals surface area contributed by atoms with Gasteiger partial charge in [0.1, 0.15) is 0 Å². The van der Waals surface area contributed by atoms with E-state index in [2.05, 4.69) is 21.2 Å². The van der Waals surface area contributed by atoms with Crippen molar-refractivity contribution >= 4 is 27.5 Å². The number of hydrogen-bond acceptors (Lipinski definition) is 2. The molecule has 0 aliphatic carbocycles. The monoisotopic (exact) mass is 342 g/mol. The van der Waals surface area contributed by atoms with Gasteiger partial charge in [-0.2, -0.15) is 8.78 Å². The Labute approximate surface area is 115 Å². The number of halogens is 5. The molecule has 0 fully saturated rings. The topological polar surface area (TPSA) is 41.1 Å². The molecular formula is C11H11BrF4N2O. The Morgan fingerprint density at radius 3 is 2.37 bits per heavy atom. The quantitative estimate of drug-likeness (QED) is 0.780. The fourth-order valence-electron chi connectivity index (χ4n) is 1.16. The molecule has 0 atom stereocenters. The summed E-state index contributed by atoms with van der Waals surface area (Å²) >= 11 is 3.21. The molecule has 0 aliphatic heterocycles. The second-order valence-corrected chi connectivity index (χ2v) is 4.64. The average molecular weight is 343 g/mol. The van der Waals surface area contributed by atoms with Crippen molar-refractivity contribution in [1.29, 1.82) is 0 Å². The zero-order valence-electron chi connectivity index (χ0n) is 9.60. The summed E-state index contributed by atoms with van der Waals surface area (Å²) in [5.74, 6) is -4.73. The summed E-state index contributed by atoms with van der Waals surface area (Å²) in [4.78, 5) is 11.3. The van der Waals surface area contributed by atoms with Crippen LogP contribution >= 0.6 is 15.9 Å². The van der Waals surface area contributed by atoms with Gasteiger partial charge in [-0.25, -0.2) is 8.78 Å². The number of benzene rings is 1. The number of nitrogens with one attached hydrogen (secondary N) is 2. The van der Waals surface area contributed by atoms with Crippen molar-refractivity contribution in [1.82, 2.24) is 5.32 Å². The molecule has 0 spiro atoms. The van der Waals surface area contributed by atoms with Crippen LogP contribution in [0.15, 0.2) is 28.7 Å². The molecule has 0 unspecified atom stereocenters. The summed E-state index contributed by atoms with van der Waals surface area (Å²) in [7, 11) is 0. The van der Waals surface area contributed by atoms with Crippen molar-refractivity contribution < 1.29 is 22.4 Å². The van der Waals surface area contributed by atoms with Crippen molar-refractivity contribution in [2.75, 3.05) is 18.4 Å². The highest BCUT2D eigenvalue weighted by molar-refractivity contribution is 9.10. The molecule has 1 aromatic carbocycles. The molecule has 1 amide bonds. The predicted octanol–water partition coefficient (Wildman–Crippen LogP) is 2.88. The number of hydrogen-bond donors (Lipinski definition) is 2. The minimum absolute atomic E-state index is 0.474. The summed E-state index contributed by atoms with van der Waals surface area (Å²) in [5.41, 5.74) is 0.482. The van der Waals surface area contributed by atoms with Gasteiger partial charge in [0.15, 0.2) is 0 Å². The van der Waals surface area contributed by atoms with Gasteiger partial charge in [-0.3, -0.25) is 4.79 Å². The van der Waals surface area contributed by atoms with Crippen molar-refractivity contribution in [3.63, 3.8) is 0 Å². The summed E-state index contributed by atoms with van der Waals surface area (Å²) in [6.45, 7) is -1.73. The third-order valence-electron chi connectivity index (χ3n) is 2.09. The lowest BCUT2D eigenvalue weighted by atomic mass is 10.3. The molecule has 106 valence electrons. The second kappa shape index (κ2) is 6.85. The lowest BCUT2D eigenvalue weighted by Gasteiger charge is -2.15. The Kier molecular flexibility index (Phi) is 5.74. The van der Waals surface area contributed by atoms with E-state index in [-0.39, 0.29) is 0 Å². The molecule has 0 saturated carbocycles. The lowest BCUT2D eigenvalue weighted by molar-refractivity contribution is -0.127. The van der Waals surface area contributed by atoms with Gasteiger partial charge in [0, 0.05) is 10.2 Å². The van der Waals surface area contributed by atoms with E-state index in [0.717, 1.165) is 4.47 Å². The first-order valence-corrected chi connectivity index (χ1v) is 6.02. The van der Waals surface area contributed by atoms with E-state index in [1.165, 1.54) is 0 Å². The SMILES string of the molecule is O=C(CNCC(F)(F)C(F)F)Nc1ccc(Br)cc1. The summed E-state index contributed by atoms with van der Waals surface area (Å²) in [6, 6.07) is 6.59. The van der Waals surface area contributed by atoms with E-state index in [4.69, 9.17) is 0 Å². The minimum atomic E-state index is -4.14. The maximum atomic E-state index is 12.5. The Morgan fingerprint density at radius 2 is 1.84 bits per heavy atom. The number of carbonyl (C=O) groups is 1. The number of alkyl halides is 4. The number of carbonyl (C=O) groups excluding carboxylic acids is 1. The van der Waals surface area contributed by atoms with Crippen LogP contribution < -0.4 is 10.6 Å². The second-order valence-electron chi connectivity index (χ2n) is 3.72. The van der Waals surface area contributed by atoms with E-state index in [1.54, 1.807) is 24.3 Å². The fourth-order valence-corrected chi connectivity index (χ4v) is 1.42. The third kappa shape index (κ3) is 5.56. The van der Waals surface area contributed by atoms with E-state index in [0.29, 0.717) is 5.69 Å². The Balaban J connectivity index is 2.34. The van der Waals surface area contributed by atoms with Gasteiger partial charge in [-0.05, 0) is 24.3 Å². The standard InChI is InChI=1S/C11H11BrF4N2O/c12-7-1-3-8(4-2-7)18-9(19)5-17-6-11(15,16)10(13)14/h1-4,10,17H,5-6H2,(H,18,19). The lowest BCUT2D eigenvalue weighted by Crippen LogP contribution is -2.41. The molecule has 8 heteroatoms. The van der Waals surface area contributed by atoms with Crippen molar-refractivity contribution in [3.8, 4) is 0 Å². The predicted molar refractivity (Wildman–Crippen MR) is 66.6 cm³/mol. The number of anilines is 1. The molecular weight excluding hydrogens is 332 g/mol. The maximum absolute atomic E-state index is 12.5. The zero-order chi connectivity index (χ0) is 14.5. The number of amides is 1. The summed E-state index contributed by atoms with van der Waals surface area (Å²) in [5, 5.41) is 4.42. The van der Waals surface area contributed by atoms with Crippen LogP contribution in [0.5, 0.6) is 0 Å². The van der Waals surface area contributed by atoms with Crippen LogP contribution in [0, 0.1) is 0 Å². The average Bonchev–Trinajstić information content (AvgIpc) is 2.31. The van der Waals surface area contributed by atoms with E-state index < -0.39 is 31.3 Å². The fraction of sp³-hybridized carbons (Fsp3) is 0.364. The van der Waals surface area contributed by atoms with Gasteiger partial charge in [0.25, 0.3) is 0 Å². The molecule has 0 radical (unpaired) electrons. The van der Waals surface area contributed by atoms with Gasteiger partial charge in [-0.1, -0.05) is 15.9 Å². The first-order valence-electron chi connectivity index (χ1n) is 5.23. The van der Waals surface area contributed by atoms with Crippen molar-refractivity contribution in [2.45, 2.75) is 12.3 Å². The Bertz CT molecular complexity index is 425. The molecule has 0 aliphatic rings. The summed E-state index contributed by atoms with van der Waals surface area (Å²) < 4.78 is 49.5. The molecule has 0 aromatic heterocycles. The Morgan fingerprint density at radius 1 is 1.26 bits per heavy atom. The van der Waals surface area contributed by atoms with E-state index in [1.807, 2.05) is 5.32 Å². The van der Waals surface area contributed by atoms with Gasteiger partial charge in [0.05, 0.1) is 13.1 Å². The highest BCUT2D eigenvalue weighted by atomic mass is 79.9. The third-order valence-corrected chi connectivity index (χ3v) is 2.62. The van der Waals surface area contributed by atoms with Crippen LogP contribution in [0.4, 0.5) is 23.2 Å². The van der Waals surface area contributed by atoms with E-state index in [9.17, 15) is 22.4 Å². The first kappa shape index (κ1) is 15.9. The van der Waals surface area contributed by atoms with Crippen LogP contribution in [0.3, 0.4) is 0 Å².